The van der Waals surface area contributed by atoms with Crippen LogP contribution in [0.4, 0.5) is 11.4 Å². The Labute approximate surface area is 198 Å². The summed E-state index contributed by atoms with van der Waals surface area (Å²) in [6.07, 6.45) is 4.07. The molecule has 2 aliphatic rings. The van der Waals surface area contributed by atoms with Crippen molar-refractivity contribution < 1.29 is 18.0 Å². The Kier molecular flexibility index (Phi) is 7.21. The number of piperazine rings is 1. The number of carbonyl (C=O) groups excluding carboxylic acids is 2. The van der Waals surface area contributed by atoms with Crippen LogP contribution in [0.5, 0.6) is 0 Å². The number of aryl methyl sites for hydroxylation is 2. The number of nitrogens with one attached hydrogen (secondary N) is 3. The maximum atomic E-state index is 12.6. The van der Waals surface area contributed by atoms with E-state index in [-0.39, 0.29) is 36.2 Å². The molecule has 1 aliphatic carbocycles. The fourth-order valence-corrected chi connectivity index (χ4v) is 5.55. The van der Waals surface area contributed by atoms with Gasteiger partial charge in [-0.25, -0.2) is 13.1 Å². The van der Waals surface area contributed by atoms with Crippen LogP contribution in [-0.4, -0.2) is 46.4 Å². The quantitative estimate of drug-likeness (QED) is 0.552. The first-order valence-electron chi connectivity index (χ1n) is 11.0. The number of halogens is 1. The Morgan fingerprint density at radius 3 is 2.64 bits per heavy atom. The second-order valence-electron chi connectivity index (χ2n) is 8.27. The number of fused-ring (bicyclic) bond motifs is 1. The van der Waals surface area contributed by atoms with Crippen molar-refractivity contribution in [1.82, 2.24) is 10.0 Å². The highest BCUT2D eigenvalue weighted by Gasteiger charge is 2.20. The van der Waals surface area contributed by atoms with Crippen molar-refractivity contribution in [2.75, 3.05) is 36.4 Å². The summed E-state index contributed by atoms with van der Waals surface area (Å²) >= 11 is 6.36. The molecule has 0 bridgehead atoms. The van der Waals surface area contributed by atoms with Crippen LogP contribution in [0.25, 0.3) is 0 Å². The van der Waals surface area contributed by atoms with Crippen LogP contribution in [0, 0.1) is 0 Å². The highest BCUT2D eigenvalue weighted by Crippen LogP contribution is 2.29. The number of hydrogen-bond acceptors (Lipinski definition) is 5. The van der Waals surface area contributed by atoms with Gasteiger partial charge in [-0.15, -0.1) is 0 Å². The number of hydrogen-bond donors (Lipinski definition) is 3. The fourth-order valence-electron chi connectivity index (χ4n) is 4.17. The molecule has 0 atom stereocenters. The van der Waals surface area contributed by atoms with E-state index >= 15 is 0 Å². The smallest absolute Gasteiger partial charge is 0.240 e. The monoisotopic (exact) mass is 490 g/mol. The summed E-state index contributed by atoms with van der Waals surface area (Å²) in [7, 11) is -3.68. The first-order chi connectivity index (χ1) is 15.8. The SMILES string of the molecule is O=C1CN(c2ccc(NC(=O)CCNS(=O)(=O)c3ccc4c(c3)CCCC4)cc2Cl)CCN1. The number of sulfonamides is 1. The molecule has 0 aromatic heterocycles. The van der Waals surface area contributed by atoms with Gasteiger partial charge in [-0.3, -0.25) is 9.59 Å². The topological polar surface area (TPSA) is 108 Å². The molecule has 2 aromatic carbocycles. The van der Waals surface area contributed by atoms with E-state index in [0.29, 0.717) is 23.8 Å². The van der Waals surface area contributed by atoms with E-state index < -0.39 is 10.0 Å². The van der Waals surface area contributed by atoms with Crippen LogP contribution in [0.15, 0.2) is 41.3 Å². The van der Waals surface area contributed by atoms with Crippen molar-refractivity contribution >= 4 is 44.8 Å². The average Bonchev–Trinajstić information content (AvgIpc) is 2.78. The third kappa shape index (κ3) is 5.85. The molecular weight excluding hydrogens is 464 g/mol. The number of amides is 2. The van der Waals surface area contributed by atoms with E-state index in [2.05, 4.69) is 15.4 Å². The van der Waals surface area contributed by atoms with Gasteiger partial charge < -0.3 is 15.5 Å². The van der Waals surface area contributed by atoms with Gasteiger partial charge in [-0.1, -0.05) is 17.7 Å². The minimum atomic E-state index is -3.68. The first-order valence-corrected chi connectivity index (χ1v) is 12.9. The molecule has 1 aliphatic heterocycles. The summed E-state index contributed by atoms with van der Waals surface area (Å²) in [6.45, 7) is 1.42. The third-order valence-corrected chi connectivity index (χ3v) is 7.65. The van der Waals surface area contributed by atoms with Gasteiger partial charge in [0.2, 0.25) is 21.8 Å². The highest BCUT2D eigenvalue weighted by atomic mass is 35.5. The van der Waals surface area contributed by atoms with Crippen LogP contribution in [0.3, 0.4) is 0 Å². The number of benzene rings is 2. The summed E-state index contributed by atoms with van der Waals surface area (Å²) in [6, 6.07) is 10.4. The minimum Gasteiger partial charge on any atom is -0.359 e. The predicted molar refractivity (Wildman–Crippen MR) is 128 cm³/mol. The van der Waals surface area contributed by atoms with Gasteiger partial charge in [0.05, 0.1) is 22.2 Å². The van der Waals surface area contributed by atoms with Gasteiger partial charge in [0.15, 0.2) is 0 Å². The van der Waals surface area contributed by atoms with Crippen molar-refractivity contribution in [2.24, 2.45) is 0 Å². The van der Waals surface area contributed by atoms with Crippen LogP contribution in [0.2, 0.25) is 5.02 Å². The number of anilines is 2. The molecule has 2 amide bonds. The lowest BCUT2D eigenvalue weighted by Gasteiger charge is -2.29. The van der Waals surface area contributed by atoms with Gasteiger partial charge in [0.25, 0.3) is 0 Å². The summed E-state index contributed by atoms with van der Waals surface area (Å²) in [5.74, 6) is -0.392. The Hall–Kier alpha value is -2.62. The first kappa shape index (κ1) is 23.5. The van der Waals surface area contributed by atoms with Gasteiger partial charge in [0, 0.05) is 31.7 Å². The highest BCUT2D eigenvalue weighted by molar-refractivity contribution is 7.89. The van der Waals surface area contributed by atoms with E-state index in [4.69, 9.17) is 11.6 Å². The van der Waals surface area contributed by atoms with Crippen LogP contribution < -0.4 is 20.3 Å². The maximum absolute atomic E-state index is 12.6. The number of rotatable bonds is 7. The Bertz CT molecular complexity index is 1170. The molecule has 8 nitrogen and oxygen atoms in total. The van der Waals surface area contributed by atoms with E-state index in [9.17, 15) is 18.0 Å². The van der Waals surface area contributed by atoms with Crippen LogP contribution in [-0.2, 0) is 32.5 Å². The Morgan fingerprint density at radius 2 is 1.88 bits per heavy atom. The minimum absolute atomic E-state index is 0.0139. The van der Waals surface area contributed by atoms with E-state index in [1.807, 2.05) is 11.0 Å². The molecule has 3 N–H and O–H groups in total. The number of nitrogens with zero attached hydrogens (tertiary/aromatic N) is 1. The summed E-state index contributed by atoms with van der Waals surface area (Å²) in [4.78, 5) is 26.0. The van der Waals surface area contributed by atoms with E-state index in [1.54, 1.807) is 30.3 Å². The zero-order valence-corrected chi connectivity index (χ0v) is 19.8. The second kappa shape index (κ2) is 10.1. The fraction of sp³-hybridized carbons (Fsp3) is 0.391. The molecule has 2 aromatic rings. The molecule has 1 heterocycles. The lowest BCUT2D eigenvalue weighted by molar-refractivity contribution is -0.120. The van der Waals surface area contributed by atoms with Crippen LogP contribution >= 0.6 is 11.6 Å². The van der Waals surface area contributed by atoms with Crippen molar-refractivity contribution in [1.29, 1.82) is 0 Å². The van der Waals surface area contributed by atoms with E-state index in [0.717, 1.165) is 36.9 Å². The molecule has 0 saturated carbocycles. The summed E-state index contributed by atoms with van der Waals surface area (Å²) < 4.78 is 27.7. The molecule has 10 heteroatoms. The second-order valence-corrected chi connectivity index (χ2v) is 10.4. The molecule has 4 rings (SSSR count). The summed E-state index contributed by atoms with van der Waals surface area (Å²) in [5.41, 5.74) is 3.54. The molecule has 0 spiro atoms. The molecular formula is C23H27ClN4O4S. The van der Waals surface area contributed by atoms with Gasteiger partial charge in [-0.05, 0) is 67.1 Å². The van der Waals surface area contributed by atoms with Crippen molar-refractivity contribution in [3.63, 3.8) is 0 Å². The Balaban J connectivity index is 1.30. The molecule has 1 saturated heterocycles. The third-order valence-electron chi connectivity index (χ3n) is 5.88. The van der Waals surface area contributed by atoms with E-state index in [1.165, 1.54) is 5.56 Å². The zero-order valence-electron chi connectivity index (χ0n) is 18.2. The lowest BCUT2D eigenvalue weighted by Crippen LogP contribution is -2.47. The predicted octanol–water partition coefficient (Wildman–Crippen LogP) is 2.46. The largest absolute Gasteiger partial charge is 0.359 e. The lowest BCUT2D eigenvalue weighted by atomic mass is 9.92. The van der Waals surface area contributed by atoms with Crippen molar-refractivity contribution in [3.05, 3.63) is 52.5 Å². The molecule has 176 valence electrons. The average molecular weight is 491 g/mol. The number of carbonyl (C=O) groups is 2. The summed E-state index contributed by atoms with van der Waals surface area (Å²) in [5, 5.41) is 5.92. The van der Waals surface area contributed by atoms with Crippen molar-refractivity contribution in [2.45, 2.75) is 37.0 Å². The molecule has 0 unspecified atom stereocenters. The van der Waals surface area contributed by atoms with Crippen LogP contribution in [0.1, 0.15) is 30.4 Å². The standard InChI is InChI=1S/C23H27ClN4O4S/c24-20-14-18(6-8-21(20)28-12-11-25-23(30)15-28)27-22(29)9-10-26-33(31,32)19-7-5-16-3-1-2-4-17(16)13-19/h5-8,13-14,26H,1-4,9-12,15H2,(H,25,30)(H,27,29). The van der Waals surface area contributed by atoms with Crippen molar-refractivity contribution in [3.8, 4) is 0 Å². The van der Waals surface area contributed by atoms with Gasteiger partial charge in [0.1, 0.15) is 0 Å². The molecule has 1 fully saturated rings. The normalized spacial score (nSPS) is 16.2. The molecule has 33 heavy (non-hydrogen) atoms. The van der Waals surface area contributed by atoms with Gasteiger partial charge >= 0.3 is 0 Å². The zero-order chi connectivity index (χ0) is 23.4. The Morgan fingerprint density at radius 1 is 1.09 bits per heavy atom. The molecule has 0 radical (unpaired) electrons. The maximum Gasteiger partial charge on any atom is 0.240 e. The van der Waals surface area contributed by atoms with Gasteiger partial charge in [-0.2, -0.15) is 0 Å².